The average Bonchev–Trinajstić information content (AvgIpc) is 3.03. The minimum Gasteiger partial charge on any atom is -0.403 e. The number of sulfone groups is 1. The maximum absolute atomic E-state index is 15.5. The first-order valence-electron chi connectivity index (χ1n) is 15.1. The van der Waals surface area contributed by atoms with Crippen molar-refractivity contribution in [3.8, 4) is 0 Å². The molecule has 1 unspecified atom stereocenters. The predicted octanol–water partition coefficient (Wildman–Crippen LogP) is 8.63. The van der Waals surface area contributed by atoms with Crippen LogP contribution in [-0.4, -0.2) is 16.7 Å². The van der Waals surface area contributed by atoms with Gasteiger partial charge in [-0.3, -0.25) is 0 Å². The van der Waals surface area contributed by atoms with Gasteiger partial charge in [0.25, 0.3) is 8.32 Å². The molecular formula is C38H37ClF2O3SSi. The summed E-state index contributed by atoms with van der Waals surface area (Å²) in [4.78, 5) is -0.0379. The molecule has 8 heteroatoms. The van der Waals surface area contributed by atoms with Crippen LogP contribution in [0, 0.1) is 11.6 Å². The molecule has 0 spiro atoms. The van der Waals surface area contributed by atoms with E-state index in [1.807, 2.05) is 60.7 Å². The third kappa shape index (κ3) is 6.34. The zero-order valence-electron chi connectivity index (χ0n) is 26.3. The second kappa shape index (κ2) is 13.2. The largest absolute Gasteiger partial charge is 0.403 e. The Morgan fingerprint density at radius 1 is 0.696 bits per heavy atom. The fraction of sp³-hybridized carbons (Fsp3) is 0.211. The van der Waals surface area contributed by atoms with Crippen LogP contribution >= 0.6 is 11.6 Å². The molecule has 1 atom stereocenters. The number of hydrogen-bond acceptors (Lipinski definition) is 3. The van der Waals surface area contributed by atoms with Crippen molar-refractivity contribution in [1.82, 2.24) is 0 Å². The molecule has 0 fully saturated rings. The lowest BCUT2D eigenvalue weighted by atomic mass is 9.90. The van der Waals surface area contributed by atoms with Crippen molar-refractivity contribution < 1.29 is 21.6 Å². The van der Waals surface area contributed by atoms with E-state index in [1.54, 1.807) is 0 Å². The van der Waals surface area contributed by atoms with Crippen LogP contribution in [0.25, 0.3) is 0 Å². The predicted molar refractivity (Wildman–Crippen MR) is 185 cm³/mol. The van der Waals surface area contributed by atoms with Gasteiger partial charge in [-0.1, -0.05) is 117 Å². The van der Waals surface area contributed by atoms with Crippen LogP contribution in [0.1, 0.15) is 44.4 Å². The standard InChI is InChI=1S/C38H37ClF2O3SSi/c1-37(2,3)46(33-15-7-5-8-16-33,34-17-9-6-10-18-34)44-27-29-14-12-11-13-28(29)26-38(4,35-25-31(40)21-24-36(35)41)45(42,43)32-22-19-30(39)20-23-32/h5-25H,26-27H2,1-4H3. The van der Waals surface area contributed by atoms with Crippen molar-refractivity contribution in [3.05, 3.63) is 161 Å². The molecule has 5 aromatic rings. The normalized spacial score (nSPS) is 13.7. The molecule has 0 aromatic heterocycles. The highest BCUT2D eigenvalue weighted by Gasteiger charge is 2.50. The number of rotatable bonds is 10. The number of benzene rings is 5. The van der Waals surface area contributed by atoms with Crippen LogP contribution in [0.5, 0.6) is 0 Å². The van der Waals surface area contributed by atoms with Crippen molar-refractivity contribution in [3.63, 3.8) is 0 Å². The second-order valence-corrected chi connectivity index (χ2v) is 19.8. The van der Waals surface area contributed by atoms with E-state index < -0.39 is 34.5 Å². The third-order valence-electron chi connectivity index (χ3n) is 8.72. The fourth-order valence-electron chi connectivity index (χ4n) is 6.29. The Kier molecular flexibility index (Phi) is 9.71. The van der Waals surface area contributed by atoms with Crippen LogP contribution < -0.4 is 10.4 Å². The molecule has 46 heavy (non-hydrogen) atoms. The number of halogens is 3. The topological polar surface area (TPSA) is 43.4 Å². The summed E-state index contributed by atoms with van der Waals surface area (Å²) in [6.45, 7) is 8.20. The van der Waals surface area contributed by atoms with Crippen LogP contribution in [0.15, 0.2) is 132 Å². The van der Waals surface area contributed by atoms with Gasteiger partial charge < -0.3 is 4.43 Å². The summed E-state index contributed by atoms with van der Waals surface area (Å²) in [6, 6.07) is 36.6. The monoisotopic (exact) mass is 674 g/mol. The molecule has 3 nitrogen and oxygen atoms in total. The van der Waals surface area contributed by atoms with E-state index in [0.29, 0.717) is 10.6 Å². The van der Waals surface area contributed by atoms with Crippen LogP contribution in [0.4, 0.5) is 8.78 Å². The van der Waals surface area contributed by atoms with Gasteiger partial charge in [0.1, 0.15) is 16.4 Å². The lowest BCUT2D eigenvalue weighted by molar-refractivity contribution is 0.284. The first-order valence-corrected chi connectivity index (χ1v) is 18.8. The minimum absolute atomic E-state index is 0.0379. The quantitative estimate of drug-likeness (QED) is 0.139. The van der Waals surface area contributed by atoms with Gasteiger partial charge in [-0.15, -0.1) is 0 Å². The Morgan fingerprint density at radius 3 is 1.76 bits per heavy atom. The van der Waals surface area contributed by atoms with Gasteiger partial charge in [0.2, 0.25) is 0 Å². The Morgan fingerprint density at radius 2 is 1.22 bits per heavy atom. The van der Waals surface area contributed by atoms with Gasteiger partial charge in [-0.2, -0.15) is 0 Å². The fourth-order valence-corrected chi connectivity index (χ4v) is 12.8. The van der Waals surface area contributed by atoms with E-state index in [0.717, 1.165) is 34.1 Å². The summed E-state index contributed by atoms with van der Waals surface area (Å²) in [5, 5.41) is 2.32. The van der Waals surface area contributed by atoms with Gasteiger partial charge in [-0.05, 0) is 82.3 Å². The van der Waals surface area contributed by atoms with E-state index >= 15 is 4.39 Å². The molecule has 0 N–H and O–H groups in total. The van der Waals surface area contributed by atoms with E-state index in [-0.39, 0.29) is 28.5 Å². The van der Waals surface area contributed by atoms with Crippen LogP contribution in [0.2, 0.25) is 10.1 Å². The maximum Gasteiger partial charge on any atom is 0.261 e. The molecule has 5 rings (SSSR count). The highest BCUT2D eigenvalue weighted by Crippen LogP contribution is 2.42. The molecule has 5 aromatic carbocycles. The van der Waals surface area contributed by atoms with Gasteiger partial charge in [0, 0.05) is 10.6 Å². The number of hydrogen-bond donors (Lipinski definition) is 0. The van der Waals surface area contributed by atoms with Gasteiger partial charge in [-0.25, -0.2) is 17.2 Å². The van der Waals surface area contributed by atoms with E-state index in [1.165, 1.54) is 31.2 Å². The molecule has 0 amide bonds. The Bertz CT molecular complexity index is 1870. The maximum atomic E-state index is 15.5. The SMILES string of the molecule is CC(C)(C)[Si](OCc1ccccc1CC(C)(c1cc(F)ccc1F)S(=O)(=O)c1ccc(Cl)cc1)(c1ccccc1)c1ccccc1. The molecule has 0 saturated carbocycles. The zero-order valence-corrected chi connectivity index (χ0v) is 28.9. The van der Waals surface area contributed by atoms with Gasteiger partial charge in [0.05, 0.1) is 11.5 Å². The first-order chi connectivity index (χ1) is 21.8. The highest BCUT2D eigenvalue weighted by molar-refractivity contribution is 7.92. The summed E-state index contributed by atoms with van der Waals surface area (Å²) < 4.78 is 64.3. The molecule has 238 valence electrons. The highest BCUT2D eigenvalue weighted by atomic mass is 35.5. The molecule has 0 radical (unpaired) electrons. The summed E-state index contributed by atoms with van der Waals surface area (Å²) in [5.41, 5.74) is 1.18. The van der Waals surface area contributed by atoms with E-state index in [4.69, 9.17) is 16.0 Å². The molecule has 0 aliphatic carbocycles. The molecule has 0 saturated heterocycles. The zero-order chi connectivity index (χ0) is 33.2. The van der Waals surface area contributed by atoms with E-state index in [9.17, 15) is 12.8 Å². The lowest BCUT2D eigenvalue weighted by Gasteiger charge is -2.43. The van der Waals surface area contributed by atoms with Crippen molar-refractivity contribution in [2.24, 2.45) is 0 Å². The summed E-state index contributed by atoms with van der Waals surface area (Å²) in [6.07, 6.45) is -0.126. The third-order valence-corrected chi connectivity index (χ3v) is 16.4. The Labute approximate surface area is 276 Å². The first kappa shape index (κ1) is 33.7. The van der Waals surface area contributed by atoms with Crippen molar-refractivity contribution >= 4 is 40.1 Å². The average molecular weight is 675 g/mol. The second-order valence-electron chi connectivity index (χ2n) is 12.7. The van der Waals surface area contributed by atoms with E-state index in [2.05, 4.69) is 45.0 Å². The van der Waals surface area contributed by atoms with Crippen LogP contribution in [0.3, 0.4) is 0 Å². The molecule has 0 aliphatic heterocycles. The minimum atomic E-state index is -4.27. The van der Waals surface area contributed by atoms with Crippen molar-refractivity contribution in [2.45, 2.75) is 55.4 Å². The van der Waals surface area contributed by atoms with Crippen molar-refractivity contribution in [1.29, 1.82) is 0 Å². The lowest BCUT2D eigenvalue weighted by Crippen LogP contribution is -2.66. The smallest absolute Gasteiger partial charge is 0.261 e. The van der Waals surface area contributed by atoms with Gasteiger partial charge >= 0.3 is 0 Å². The summed E-state index contributed by atoms with van der Waals surface area (Å²) >= 11 is 6.07. The van der Waals surface area contributed by atoms with Crippen LogP contribution in [-0.2, 0) is 32.0 Å². The summed E-state index contributed by atoms with van der Waals surface area (Å²) in [5.74, 6) is -1.53. The molecular weight excluding hydrogens is 638 g/mol. The molecule has 0 bridgehead atoms. The Balaban J connectivity index is 1.63. The van der Waals surface area contributed by atoms with Crippen molar-refractivity contribution in [2.75, 3.05) is 0 Å². The summed E-state index contributed by atoms with van der Waals surface area (Å²) in [7, 11) is -7.20. The molecule has 0 heterocycles. The Hall–Kier alpha value is -3.62. The molecule has 0 aliphatic rings. The van der Waals surface area contributed by atoms with Gasteiger partial charge in [0.15, 0.2) is 9.84 Å².